The minimum atomic E-state index is -0.227. The molecule has 0 bridgehead atoms. The molecule has 0 saturated carbocycles. The highest BCUT2D eigenvalue weighted by Crippen LogP contribution is 2.31. The molecule has 7 heteroatoms. The maximum absolute atomic E-state index is 8.65. The van der Waals surface area contributed by atoms with Crippen LogP contribution in [0.2, 0.25) is 0 Å². The molecule has 1 N–H and O–H groups in total. The lowest BCUT2D eigenvalue weighted by atomic mass is 10.3. The van der Waals surface area contributed by atoms with Crippen LogP contribution in [0.15, 0.2) is 47.8 Å². The molecule has 3 rings (SSSR count). The molecule has 0 saturated heterocycles. The topological polar surface area (TPSA) is 97.8 Å². The van der Waals surface area contributed by atoms with E-state index in [1.807, 2.05) is 30.3 Å². The summed E-state index contributed by atoms with van der Waals surface area (Å²) in [7, 11) is 0. The summed E-state index contributed by atoms with van der Waals surface area (Å²) in [6.45, 7) is 0. The van der Waals surface area contributed by atoms with E-state index in [1.54, 1.807) is 35.9 Å². The van der Waals surface area contributed by atoms with Gasteiger partial charge >= 0.3 is 0 Å². The largest absolute Gasteiger partial charge is 0.276 e. The van der Waals surface area contributed by atoms with Gasteiger partial charge in [-0.1, -0.05) is 0 Å². The van der Waals surface area contributed by atoms with Crippen molar-refractivity contribution in [2.45, 2.75) is 0 Å². The number of anilines is 1. The van der Waals surface area contributed by atoms with Gasteiger partial charge in [-0.05, 0) is 30.3 Å². The molecular weight excluding hydrogens is 296 g/mol. The number of nitrogens with one attached hydrogen (secondary N) is 1. The van der Waals surface area contributed by atoms with Crippen LogP contribution < -0.4 is 5.43 Å². The number of thiazole rings is 1. The zero-order chi connectivity index (χ0) is 15.4. The van der Waals surface area contributed by atoms with E-state index in [2.05, 4.69) is 20.5 Å². The maximum Gasteiger partial charge on any atom is 0.237 e. The number of aromatic nitrogens is 2. The number of hydrogen-bond acceptors (Lipinski definition) is 7. The Bertz CT molecular complexity index is 914. The molecule has 6 nitrogen and oxygen atoms in total. The van der Waals surface area contributed by atoms with E-state index in [-0.39, 0.29) is 5.71 Å². The van der Waals surface area contributed by atoms with E-state index < -0.39 is 0 Å². The summed E-state index contributed by atoms with van der Waals surface area (Å²) in [4.78, 5) is 8.66. The normalized spacial score (nSPS) is 9.73. The molecule has 0 amide bonds. The summed E-state index contributed by atoms with van der Waals surface area (Å²) in [5.74, 6) is 0. The molecule has 1 aromatic carbocycles. The molecule has 0 atom stereocenters. The molecule has 0 radical (unpaired) electrons. The summed E-state index contributed by atoms with van der Waals surface area (Å²) < 4.78 is 1.04. The maximum atomic E-state index is 8.65. The van der Waals surface area contributed by atoms with Gasteiger partial charge < -0.3 is 0 Å². The van der Waals surface area contributed by atoms with Gasteiger partial charge in [-0.3, -0.25) is 10.4 Å². The average Bonchev–Trinajstić information content (AvgIpc) is 3.00. The summed E-state index contributed by atoms with van der Waals surface area (Å²) in [5.41, 5.74) is 4.91. The average molecular weight is 304 g/mol. The van der Waals surface area contributed by atoms with Crippen LogP contribution in [0, 0.1) is 22.7 Å². The fraction of sp³-hybridized carbons (Fsp3) is 0. The third-order valence-electron chi connectivity index (χ3n) is 2.80. The van der Waals surface area contributed by atoms with Gasteiger partial charge in [0.25, 0.3) is 0 Å². The Morgan fingerprint density at radius 2 is 2.09 bits per heavy atom. The molecule has 2 aromatic heterocycles. The molecule has 0 unspecified atom stereocenters. The van der Waals surface area contributed by atoms with Gasteiger partial charge in [0.2, 0.25) is 5.71 Å². The van der Waals surface area contributed by atoms with Gasteiger partial charge in [0.05, 0.1) is 15.9 Å². The van der Waals surface area contributed by atoms with E-state index in [0.29, 0.717) is 5.69 Å². The molecule has 0 aliphatic carbocycles. The van der Waals surface area contributed by atoms with E-state index >= 15 is 0 Å². The summed E-state index contributed by atoms with van der Waals surface area (Å²) in [5, 5.41) is 21.9. The van der Waals surface area contributed by atoms with Crippen molar-refractivity contribution in [3.8, 4) is 22.7 Å². The fourth-order valence-corrected chi connectivity index (χ4v) is 2.74. The molecule has 22 heavy (non-hydrogen) atoms. The number of pyridine rings is 1. The van der Waals surface area contributed by atoms with Crippen molar-refractivity contribution in [3.63, 3.8) is 0 Å². The van der Waals surface area contributed by atoms with Crippen LogP contribution in [0.1, 0.15) is 0 Å². The lowest BCUT2D eigenvalue weighted by Gasteiger charge is -1.98. The number of rotatable bonds is 3. The number of nitriles is 2. The van der Waals surface area contributed by atoms with Crippen molar-refractivity contribution in [1.29, 1.82) is 10.5 Å². The van der Waals surface area contributed by atoms with Gasteiger partial charge in [0.15, 0.2) is 0 Å². The molecule has 2 heterocycles. The van der Waals surface area contributed by atoms with E-state index in [0.717, 1.165) is 20.8 Å². The third kappa shape index (κ3) is 2.75. The standard InChI is InChI=1S/C15H8N6S/c16-7-12(8-17)21-20-11-3-4-14-13(6-11)19-15(22-14)10-2-1-5-18-9-10/h1-6,9,20H. The van der Waals surface area contributed by atoms with Crippen molar-refractivity contribution in [2.75, 3.05) is 5.43 Å². The van der Waals surface area contributed by atoms with Crippen LogP contribution >= 0.6 is 11.3 Å². The number of fused-ring (bicyclic) bond motifs is 1. The molecule has 3 aromatic rings. The minimum Gasteiger partial charge on any atom is -0.276 e. The smallest absolute Gasteiger partial charge is 0.237 e. The number of benzene rings is 1. The van der Waals surface area contributed by atoms with Crippen molar-refractivity contribution < 1.29 is 0 Å². The highest BCUT2D eigenvalue weighted by molar-refractivity contribution is 7.21. The first-order valence-corrected chi connectivity index (χ1v) is 7.06. The Morgan fingerprint density at radius 3 is 2.82 bits per heavy atom. The molecule has 0 spiro atoms. The van der Waals surface area contributed by atoms with Gasteiger partial charge in [-0.2, -0.15) is 15.6 Å². The lowest BCUT2D eigenvalue weighted by molar-refractivity contribution is 1.32. The Kier molecular flexibility index (Phi) is 3.73. The third-order valence-corrected chi connectivity index (χ3v) is 3.89. The van der Waals surface area contributed by atoms with Crippen molar-refractivity contribution in [1.82, 2.24) is 9.97 Å². The van der Waals surface area contributed by atoms with Crippen LogP contribution in [0.3, 0.4) is 0 Å². The molecule has 0 aliphatic rings. The second-order valence-corrected chi connectivity index (χ2v) is 5.27. The molecule has 104 valence electrons. The highest BCUT2D eigenvalue weighted by atomic mass is 32.1. The Labute approximate surface area is 130 Å². The monoisotopic (exact) mass is 304 g/mol. The van der Waals surface area contributed by atoms with Gasteiger partial charge in [0.1, 0.15) is 17.1 Å². The first-order chi connectivity index (χ1) is 10.8. The zero-order valence-electron chi connectivity index (χ0n) is 11.2. The van der Waals surface area contributed by atoms with Crippen LogP contribution in [0.4, 0.5) is 5.69 Å². The van der Waals surface area contributed by atoms with Crippen molar-refractivity contribution in [2.24, 2.45) is 5.10 Å². The SMILES string of the molecule is N#CC(C#N)=NNc1ccc2sc(-c3cccnc3)nc2c1. The molecule has 0 aliphatic heterocycles. The summed E-state index contributed by atoms with van der Waals surface area (Å²) in [6, 6.07) is 12.8. The predicted molar refractivity (Wildman–Crippen MR) is 85.1 cm³/mol. The van der Waals surface area contributed by atoms with Crippen LogP contribution in [0.25, 0.3) is 20.8 Å². The second-order valence-electron chi connectivity index (χ2n) is 4.24. The zero-order valence-corrected chi connectivity index (χ0v) is 12.0. The fourth-order valence-electron chi connectivity index (χ4n) is 1.81. The first-order valence-electron chi connectivity index (χ1n) is 6.25. The van der Waals surface area contributed by atoms with Gasteiger partial charge in [-0.15, -0.1) is 11.3 Å². The van der Waals surface area contributed by atoms with Crippen LogP contribution in [-0.4, -0.2) is 15.7 Å². The lowest BCUT2D eigenvalue weighted by Crippen LogP contribution is -1.95. The van der Waals surface area contributed by atoms with Gasteiger partial charge in [0, 0.05) is 18.0 Å². The minimum absolute atomic E-state index is 0.227. The second kappa shape index (κ2) is 6.00. The van der Waals surface area contributed by atoms with Crippen molar-refractivity contribution >= 4 is 33.0 Å². The molecular formula is C15H8N6S. The quantitative estimate of drug-likeness (QED) is 0.592. The van der Waals surface area contributed by atoms with Crippen LogP contribution in [0.5, 0.6) is 0 Å². The Balaban J connectivity index is 1.93. The Hall–Kier alpha value is -3.29. The highest BCUT2D eigenvalue weighted by Gasteiger charge is 2.07. The summed E-state index contributed by atoms with van der Waals surface area (Å²) in [6.07, 6.45) is 3.49. The number of hydrogen-bond donors (Lipinski definition) is 1. The number of nitrogens with zero attached hydrogens (tertiary/aromatic N) is 5. The first kappa shape index (κ1) is 13.7. The van der Waals surface area contributed by atoms with Gasteiger partial charge in [-0.25, -0.2) is 4.98 Å². The van der Waals surface area contributed by atoms with Crippen LogP contribution in [-0.2, 0) is 0 Å². The van der Waals surface area contributed by atoms with Crippen molar-refractivity contribution in [3.05, 3.63) is 42.7 Å². The molecule has 0 fully saturated rings. The van der Waals surface area contributed by atoms with E-state index in [1.165, 1.54) is 0 Å². The van der Waals surface area contributed by atoms with E-state index in [9.17, 15) is 0 Å². The Morgan fingerprint density at radius 1 is 1.23 bits per heavy atom. The summed E-state index contributed by atoms with van der Waals surface area (Å²) >= 11 is 1.57. The van der Waals surface area contributed by atoms with E-state index in [4.69, 9.17) is 10.5 Å². The predicted octanol–water partition coefficient (Wildman–Crippen LogP) is 3.17. The number of hydrazone groups is 1.